The van der Waals surface area contributed by atoms with Crippen LogP contribution in [0, 0.1) is 11.3 Å². The van der Waals surface area contributed by atoms with Crippen LogP contribution in [0.3, 0.4) is 0 Å². The lowest BCUT2D eigenvalue weighted by Gasteiger charge is -2.35. The van der Waals surface area contributed by atoms with Crippen molar-refractivity contribution in [1.82, 2.24) is 0 Å². The molecule has 2 aliphatic rings. The Bertz CT molecular complexity index is 1150. The maximum Gasteiger partial charge on any atom is 0.302 e. The van der Waals surface area contributed by atoms with Crippen molar-refractivity contribution >= 4 is 11.9 Å². The minimum absolute atomic E-state index is 0.0853. The van der Waals surface area contributed by atoms with E-state index < -0.39 is 12.2 Å². The molecule has 1 saturated heterocycles. The molecular weight excluding hydrogens is 470 g/mol. The minimum Gasteiger partial charge on any atom is -0.489 e. The summed E-state index contributed by atoms with van der Waals surface area (Å²) in [5.74, 6) is -0.178. The second kappa shape index (κ2) is 12.2. The van der Waals surface area contributed by atoms with Crippen LogP contribution in [0.1, 0.15) is 86.8 Å². The Morgan fingerprint density at radius 3 is 2.35 bits per heavy atom. The van der Waals surface area contributed by atoms with Gasteiger partial charge in [-0.1, -0.05) is 37.3 Å². The van der Waals surface area contributed by atoms with Crippen molar-refractivity contribution in [3.05, 3.63) is 64.2 Å². The first-order valence-corrected chi connectivity index (χ1v) is 13.1. The Morgan fingerprint density at radius 1 is 1.03 bits per heavy atom. The predicted molar refractivity (Wildman–Crippen MR) is 137 cm³/mol. The van der Waals surface area contributed by atoms with Gasteiger partial charge in [-0.05, 0) is 60.4 Å². The van der Waals surface area contributed by atoms with E-state index in [1.807, 2.05) is 12.1 Å². The summed E-state index contributed by atoms with van der Waals surface area (Å²) in [4.78, 5) is 23.1. The van der Waals surface area contributed by atoms with Gasteiger partial charge >= 0.3 is 11.9 Å². The number of carbonyl (C=O) groups excluding carboxylic acids is 2. The fraction of sp³-hybridized carbons (Fsp3) is 0.500. The summed E-state index contributed by atoms with van der Waals surface area (Å²) in [7, 11) is 0. The van der Waals surface area contributed by atoms with Crippen molar-refractivity contribution in [2.75, 3.05) is 6.61 Å². The summed E-state index contributed by atoms with van der Waals surface area (Å²) in [6.45, 7) is 4.95. The molecule has 0 amide bonds. The van der Waals surface area contributed by atoms with Crippen LogP contribution in [0.25, 0.3) is 0 Å². The van der Waals surface area contributed by atoms with Gasteiger partial charge in [-0.3, -0.25) is 9.59 Å². The molecule has 1 aliphatic carbocycles. The van der Waals surface area contributed by atoms with Crippen molar-refractivity contribution in [2.24, 2.45) is 0 Å². The van der Waals surface area contributed by atoms with Crippen LogP contribution in [-0.4, -0.2) is 36.9 Å². The first-order chi connectivity index (χ1) is 17.8. The molecule has 0 aromatic heterocycles. The normalized spacial score (nSPS) is 21.4. The van der Waals surface area contributed by atoms with Crippen LogP contribution in [0.5, 0.6) is 5.75 Å². The van der Waals surface area contributed by atoms with Crippen molar-refractivity contribution in [3.63, 3.8) is 0 Å². The summed E-state index contributed by atoms with van der Waals surface area (Å²) in [6.07, 6.45) is 4.46. The van der Waals surface area contributed by atoms with E-state index in [9.17, 15) is 14.9 Å². The Balaban J connectivity index is 1.67. The third kappa shape index (κ3) is 7.11. The van der Waals surface area contributed by atoms with Crippen molar-refractivity contribution in [2.45, 2.75) is 90.1 Å². The molecule has 7 nitrogen and oxygen atoms in total. The van der Waals surface area contributed by atoms with Crippen LogP contribution >= 0.6 is 0 Å². The number of ether oxygens (including phenoxy) is 4. The maximum atomic E-state index is 11.7. The number of rotatable bonds is 9. The molecule has 196 valence electrons. The standard InChI is InChI=1S/C30H35NO6/c1-4-21-8-10-22(11-9-21)12-23-13-24(14-30(28(23)17-31)36-25-6-5-7-25)29-16-26(35-20(3)33)15-27(37-29)18-34-19(2)32/h8-11,13-14,25-27,29H,4-7,12,15-16,18H2,1-3H3. The van der Waals surface area contributed by atoms with Gasteiger partial charge in [0, 0.05) is 26.7 Å². The van der Waals surface area contributed by atoms with Gasteiger partial charge in [-0.25, -0.2) is 0 Å². The second-order valence-electron chi connectivity index (χ2n) is 9.93. The number of nitriles is 1. The van der Waals surface area contributed by atoms with Crippen LogP contribution in [0.15, 0.2) is 36.4 Å². The van der Waals surface area contributed by atoms with Gasteiger partial charge < -0.3 is 18.9 Å². The number of nitrogens with zero attached hydrogens (tertiary/aromatic N) is 1. The largest absolute Gasteiger partial charge is 0.489 e. The Morgan fingerprint density at radius 2 is 1.76 bits per heavy atom. The van der Waals surface area contributed by atoms with Gasteiger partial charge in [-0.2, -0.15) is 5.26 Å². The highest BCUT2D eigenvalue weighted by Gasteiger charge is 2.34. The highest BCUT2D eigenvalue weighted by molar-refractivity contribution is 5.66. The summed E-state index contributed by atoms with van der Waals surface area (Å²) in [5, 5.41) is 10.1. The molecule has 3 unspecified atom stereocenters. The molecule has 0 spiro atoms. The minimum atomic E-state index is -0.413. The highest BCUT2D eigenvalue weighted by Crippen LogP contribution is 2.38. The molecule has 2 fully saturated rings. The molecule has 37 heavy (non-hydrogen) atoms. The van der Waals surface area contributed by atoms with E-state index in [2.05, 4.69) is 37.3 Å². The van der Waals surface area contributed by atoms with E-state index in [1.165, 1.54) is 19.4 Å². The first-order valence-electron chi connectivity index (χ1n) is 13.1. The van der Waals surface area contributed by atoms with E-state index in [0.717, 1.165) is 42.4 Å². The van der Waals surface area contributed by atoms with Crippen molar-refractivity contribution in [3.8, 4) is 11.8 Å². The average Bonchev–Trinajstić information content (AvgIpc) is 2.84. The molecule has 0 N–H and O–H groups in total. The van der Waals surface area contributed by atoms with E-state index in [1.54, 1.807) is 0 Å². The number of aryl methyl sites for hydroxylation is 1. The Kier molecular flexibility index (Phi) is 8.83. The number of esters is 2. The fourth-order valence-electron chi connectivity index (χ4n) is 4.86. The van der Waals surface area contributed by atoms with Gasteiger partial charge in [0.05, 0.1) is 23.9 Å². The average molecular weight is 506 g/mol. The monoisotopic (exact) mass is 505 g/mol. The van der Waals surface area contributed by atoms with Crippen LogP contribution in [-0.2, 0) is 36.6 Å². The fourth-order valence-corrected chi connectivity index (χ4v) is 4.86. The quantitative estimate of drug-likeness (QED) is 0.424. The highest BCUT2D eigenvalue weighted by atomic mass is 16.6. The molecule has 0 radical (unpaired) electrons. The number of carbonyl (C=O) groups is 2. The van der Waals surface area contributed by atoms with Gasteiger partial charge in [-0.15, -0.1) is 0 Å². The lowest BCUT2D eigenvalue weighted by atomic mass is 9.90. The third-order valence-electron chi connectivity index (χ3n) is 7.03. The number of hydrogen-bond donors (Lipinski definition) is 0. The van der Waals surface area contributed by atoms with E-state index in [-0.39, 0.29) is 30.8 Å². The number of hydrogen-bond acceptors (Lipinski definition) is 7. The zero-order chi connectivity index (χ0) is 26.4. The van der Waals surface area contributed by atoms with Crippen LogP contribution in [0.4, 0.5) is 0 Å². The summed E-state index contributed by atoms with van der Waals surface area (Å²) in [5.41, 5.74) is 4.64. The topological polar surface area (TPSA) is 94.8 Å². The third-order valence-corrected chi connectivity index (χ3v) is 7.03. The molecule has 4 rings (SSSR count). The molecule has 1 heterocycles. The first kappa shape index (κ1) is 26.7. The predicted octanol–water partition coefficient (Wildman–Crippen LogP) is 5.36. The Hall–Kier alpha value is -3.37. The van der Waals surface area contributed by atoms with E-state index >= 15 is 0 Å². The summed E-state index contributed by atoms with van der Waals surface area (Å²) >= 11 is 0. The second-order valence-corrected chi connectivity index (χ2v) is 9.93. The van der Waals surface area contributed by atoms with Crippen LogP contribution in [0.2, 0.25) is 0 Å². The van der Waals surface area contributed by atoms with E-state index in [4.69, 9.17) is 18.9 Å². The molecule has 3 atom stereocenters. The lowest BCUT2D eigenvalue weighted by molar-refractivity contribution is -0.169. The van der Waals surface area contributed by atoms with Gasteiger partial charge in [0.1, 0.15) is 24.5 Å². The molecule has 2 aromatic carbocycles. The van der Waals surface area contributed by atoms with Gasteiger partial charge in [0.15, 0.2) is 0 Å². The van der Waals surface area contributed by atoms with Gasteiger partial charge in [0.2, 0.25) is 0 Å². The van der Waals surface area contributed by atoms with Gasteiger partial charge in [0.25, 0.3) is 0 Å². The lowest BCUT2D eigenvalue weighted by Crippen LogP contribution is -2.37. The number of benzene rings is 2. The zero-order valence-corrected chi connectivity index (χ0v) is 21.8. The Labute approximate surface area is 218 Å². The zero-order valence-electron chi connectivity index (χ0n) is 21.8. The SMILES string of the molecule is CCc1ccc(Cc2cc(C3CC(OC(C)=O)CC(COC(C)=O)O3)cc(OC3CCC3)c2C#N)cc1. The van der Waals surface area contributed by atoms with Crippen molar-refractivity contribution in [1.29, 1.82) is 5.26 Å². The molecule has 0 bridgehead atoms. The molecule has 1 saturated carbocycles. The smallest absolute Gasteiger partial charge is 0.302 e. The molecular formula is C30H35NO6. The van der Waals surface area contributed by atoms with Crippen LogP contribution < -0.4 is 4.74 Å². The van der Waals surface area contributed by atoms with Crippen molar-refractivity contribution < 1.29 is 28.5 Å². The molecule has 7 heteroatoms. The van der Waals surface area contributed by atoms with E-state index in [0.29, 0.717) is 30.6 Å². The summed E-state index contributed by atoms with van der Waals surface area (Å²) in [6, 6.07) is 14.7. The molecule has 1 aliphatic heterocycles. The molecule has 2 aromatic rings. The summed E-state index contributed by atoms with van der Waals surface area (Å²) < 4.78 is 23.4. The maximum absolute atomic E-state index is 11.7.